The fraction of sp³-hybridized carbons (Fsp3) is 0.267. The maximum atomic E-state index is 5.95. The lowest BCUT2D eigenvalue weighted by Crippen LogP contribution is -2.31. The zero-order valence-electron chi connectivity index (χ0n) is 11.0. The number of aromatic nitrogens is 1. The molecule has 0 radical (unpaired) electrons. The zero-order valence-corrected chi connectivity index (χ0v) is 13.3. The van der Waals surface area contributed by atoms with Crippen molar-refractivity contribution in [3.8, 4) is 0 Å². The Morgan fingerprint density at radius 2 is 1.95 bits per heavy atom. The second kappa shape index (κ2) is 6.40. The maximum absolute atomic E-state index is 5.95. The van der Waals surface area contributed by atoms with Crippen molar-refractivity contribution in [3.63, 3.8) is 0 Å². The highest BCUT2D eigenvalue weighted by atomic mass is 79.9. The van der Waals surface area contributed by atoms with Crippen LogP contribution in [-0.2, 0) is 6.54 Å². The number of hydrogen-bond acceptors (Lipinski definition) is 2. The van der Waals surface area contributed by atoms with Crippen LogP contribution in [0, 0.1) is 0 Å². The number of hydrogen-bond donors (Lipinski definition) is 0. The van der Waals surface area contributed by atoms with Crippen LogP contribution in [0.1, 0.15) is 19.4 Å². The van der Waals surface area contributed by atoms with Gasteiger partial charge in [0, 0.05) is 18.8 Å². The molecule has 0 atom stereocenters. The van der Waals surface area contributed by atoms with Gasteiger partial charge in [-0.3, -0.25) is 0 Å². The number of rotatable bonds is 4. The Balaban J connectivity index is 2.30. The summed E-state index contributed by atoms with van der Waals surface area (Å²) in [5.74, 6) is 0.920. The molecular weight excluding hydrogens is 324 g/mol. The van der Waals surface area contributed by atoms with Crippen molar-refractivity contribution in [3.05, 3.63) is 57.7 Å². The summed E-state index contributed by atoms with van der Waals surface area (Å²) in [6.45, 7) is 5.14. The molecule has 2 aromatic rings. The van der Waals surface area contributed by atoms with E-state index in [1.54, 1.807) is 6.20 Å². The van der Waals surface area contributed by atoms with Crippen LogP contribution in [0.15, 0.2) is 47.1 Å². The van der Waals surface area contributed by atoms with E-state index < -0.39 is 0 Å². The molecule has 0 bridgehead atoms. The molecular formula is C15H16BrClN2. The molecule has 2 nitrogen and oxygen atoms in total. The molecule has 0 unspecified atom stereocenters. The van der Waals surface area contributed by atoms with E-state index >= 15 is 0 Å². The Morgan fingerprint density at radius 3 is 2.53 bits per heavy atom. The van der Waals surface area contributed by atoms with Gasteiger partial charge < -0.3 is 4.90 Å². The molecule has 0 fully saturated rings. The summed E-state index contributed by atoms with van der Waals surface area (Å²) in [6, 6.07) is 12.6. The third kappa shape index (κ3) is 3.71. The van der Waals surface area contributed by atoms with Gasteiger partial charge in [0.25, 0.3) is 0 Å². The molecule has 1 heterocycles. The van der Waals surface area contributed by atoms with Crippen molar-refractivity contribution in [1.82, 2.24) is 4.98 Å². The fourth-order valence-electron chi connectivity index (χ4n) is 1.90. The van der Waals surface area contributed by atoms with Gasteiger partial charge >= 0.3 is 0 Å². The average molecular weight is 340 g/mol. The third-order valence-electron chi connectivity index (χ3n) is 2.88. The van der Waals surface area contributed by atoms with Gasteiger partial charge in [0.15, 0.2) is 0 Å². The zero-order chi connectivity index (χ0) is 13.8. The van der Waals surface area contributed by atoms with Gasteiger partial charge in [0.05, 0.1) is 9.50 Å². The number of benzene rings is 1. The average Bonchev–Trinajstić information content (AvgIpc) is 2.38. The van der Waals surface area contributed by atoms with Crippen LogP contribution < -0.4 is 4.90 Å². The normalized spacial score (nSPS) is 10.8. The van der Waals surface area contributed by atoms with Crippen LogP contribution >= 0.6 is 27.5 Å². The minimum atomic E-state index is 0.352. The number of pyridine rings is 1. The SMILES string of the molecule is CC(C)N(Cc1ccccc1)c1ncc(Cl)cc1Br. The number of nitrogens with zero attached hydrogens (tertiary/aromatic N) is 2. The second-order valence-electron chi connectivity index (χ2n) is 4.67. The highest BCUT2D eigenvalue weighted by molar-refractivity contribution is 9.10. The van der Waals surface area contributed by atoms with Crippen molar-refractivity contribution in [2.75, 3.05) is 4.90 Å². The van der Waals surface area contributed by atoms with E-state index in [-0.39, 0.29) is 0 Å². The molecule has 0 aliphatic carbocycles. The quantitative estimate of drug-likeness (QED) is 0.786. The summed E-state index contributed by atoms with van der Waals surface area (Å²) >= 11 is 9.49. The number of halogens is 2. The summed E-state index contributed by atoms with van der Waals surface area (Å²) in [4.78, 5) is 6.69. The molecule has 0 amide bonds. The highest BCUT2D eigenvalue weighted by Crippen LogP contribution is 2.29. The summed E-state index contributed by atoms with van der Waals surface area (Å²) in [6.07, 6.45) is 1.68. The molecule has 1 aromatic carbocycles. The molecule has 0 aliphatic heterocycles. The van der Waals surface area contributed by atoms with Crippen molar-refractivity contribution in [2.24, 2.45) is 0 Å². The monoisotopic (exact) mass is 338 g/mol. The van der Waals surface area contributed by atoms with Gasteiger partial charge in [-0.1, -0.05) is 41.9 Å². The van der Waals surface area contributed by atoms with Gasteiger partial charge in [0.1, 0.15) is 5.82 Å². The Morgan fingerprint density at radius 1 is 1.26 bits per heavy atom. The first-order chi connectivity index (χ1) is 9.08. The van der Waals surface area contributed by atoms with E-state index in [1.165, 1.54) is 5.56 Å². The van der Waals surface area contributed by atoms with Gasteiger partial charge in [-0.05, 0) is 41.4 Å². The summed E-state index contributed by atoms with van der Waals surface area (Å²) in [5.41, 5.74) is 1.26. The summed E-state index contributed by atoms with van der Waals surface area (Å²) in [7, 11) is 0. The predicted octanol–water partition coefficient (Wildman–Crippen LogP) is 4.91. The first kappa shape index (κ1) is 14.4. The van der Waals surface area contributed by atoms with Gasteiger partial charge in [-0.2, -0.15) is 0 Å². The standard InChI is InChI=1S/C15H16BrClN2/c1-11(2)19(10-12-6-4-3-5-7-12)15-14(16)8-13(17)9-18-15/h3-9,11H,10H2,1-2H3. The minimum Gasteiger partial charge on any atom is -0.349 e. The van der Waals surface area contributed by atoms with Crippen LogP contribution in [0.5, 0.6) is 0 Å². The molecule has 100 valence electrons. The summed E-state index contributed by atoms with van der Waals surface area (Å²) in [5, 5.41) is 0.638. The van der Waals surface area contributed by atoms with E-state index in [2.05, 4.69) is 63.9 Å². The van der Waals surface area contributed by atoms with Crippen molar-refractivity contribution in [2.45, 2.75) is 26.4 Å². The van der Waals surface area contributed by atoms with E-state index in [0.29, 0.717) is 11.1 Å². The first-order valence-electron chi connectivity index (χ1n) is 6.19. The van der Waals surface area contributed by atoms with Gasteiger partial charge in [-0.15, -0.1) is 0 Å². The molecule has 2 rings (SSSR count). The topological polar surface area (TPSA) is 16.1 Å². The smallest absolute Gasteiger partial charge is 0.143 e. The molecule has 0 spiro atoms. The molecule has 0 aliphatic rings. The van der Waals surface area contributed by atoms with E-state index in [0.717, 1.165) is 16.8 Å². The molecule has 1 aromatic heterocycles. The van der Waals surface area contributed by atoms with Crippen molar-refractivity contribution < 1.29 is 0 Å². The Bertz CT molecular complexity index is 543. The second-order valence-corrected chi connectivity index (χ2v) is 5.96. The minimum absolute atomic E-state index is 0.352. The van der Waals surface area contributed by atoms with Crippen molar-refractivity contribution >= 4 is 33.3 Å². The molecule has 0 saturated carbocycles. The lowest BCUT2D eigenvalue weighted by atomic mass is 10.2. The Labute approximate surface area is 127 Å². The van der Waals surface area contributed by atoms with E-state index in [9.17, 15) is 0 Å². The largest absolute Gasteiger partial charge is 0.349 e. The van der Waals surface area contributed by atoms with Crippen molar-refractivity contribution in [1.29, 1.82) is 0 Å². The lowest BCUT2D eigenvalue weighted by molar-refractivity contribution is 0.671. The molecule has 4 heteroatoms. The Hall–Kier alpha value is -1.06. The van der Waals surface area contributed by atoms with Crippen LogP contribution in [-0.4, -0.2) is 11.0 Å². The molecule has 0 saturated heterocycles. The molecule has 19 heavy (non-hydrogen) atoms. The third-order valence-corrected chi connectivity index (χ3v) is 3.67. The van der Waals surface area contributed by atoms with E-state index in [1.807, 2.05) is 12.1 Å². The Kier molecular flexibility index (Phi) is 4.83. The maximum Gasteiger partial charge on any atom is 0.143 e. The first-order valence-corrected chi connectivity index (χ1v) is 7.36. The van der Waals surface area contributed by atoms with Crippen LogP contribution in [0.3, 0.4) is 0 Å². The predicted molar refractivity (Wildman–Crippen MR) is 84.7 cm³/mol. The number of anilines is 1. The van der Waals surface area contributed by atoms with E-state index in [4.69, 9.17) is 11.6 Å². The lowest BCUT2D eigenvalue weighted by Gasteiger charge is -2.29. The fourth-order valence-corrected chi connectivity index (χ4v) is 2.77. The summed E-state index contributed by atoms with van der Waals surface area (Å²) < 4.78 is 0.921. The van der Waals surface area contributed by atoms with Crippen LogP contribution in [0.2, 0.25) is 5.02 Å². The van der Waals surface area contributed by atoms with Gasteiger partial charge in [-0.25, -0.2) is 4.98 Å². The van der Waals surface area contributed by atoms with Crippen LogP contribution in [0.25, 0.3) is 0 Å². The van der Waals surface area contributed by atoms with Gasteiger partial charge in [0.2, 0.25) is 0 Å². The highest BCUT2D eigenvalue weighted by Gasteiger charge is 2.15. The molecule has 0 N–H and O–H groups in total. The van der Waals surface area contributed by atoms with Crippen LogP contribution in [0.4, 0.5) is 5.82 Å².